The highest BCUT2D eigenvalue weighted by Crippen LogP contribution is 2.42. The van der Waals surface area contributed by atoms with Crippen LogP contribution in [0.1, 0.15) is 33.1 Å². The molecule has 82 valence electrons. The Hall–Kier alpha value is -0.770. The first kappa shape index (κ1) is 11.3. The zero-order valence-electron chi connectivity index (χ0n) is 9.13. The molecule has 0 saturated carbocycles. The highest BCUT2D eigenvalue weighted by atomic mass is 16.6. The lowest BCUT2D eigenvalue weighted by Gasteiger charge is -2.10. The van der Waals surface area contributed by atoms with Crippen LogP contribution in [0.2, 0.25) is 0 Å². The molecule has 1 aliphatic rings. The molecule has 0 radical (unpaired) electrons. The smallest absolute Gasteiger partial charge is 0.406 e. The van der Waals surface area contributed by atoms with Crippen molar-refractivity contribution in [1.82, 2.24) is 5.32 Å². The van der Waals surface area contributed by atoms with Crippen LogP contribution in [-0.2, 0) is 9.47 Å². The van der Waals surface area contributed by atoms with Crippen molar-refractivity contribution in [2.75, 3.05) is 13.7 Å². The quantitative estimate of drug-likeness (QED) is 0.689. The fourth-order valence-electron chi connectivity index (χ4n) is 1.63. The van der Waals surface area contributed by atoms with E-state index in [0.29, 0.717) is 6.61 Å². The summed E-state index contributed by atoms with van der Waals surface area (Å²) in [6.45, 7) is 4.55. The first-order valence-electron chi connectivity index (χ1n) is 5.20. The van der Waals surface area contributed by atoms with Gasteiger partial charge in [-0.3, -0.25) is 0 Å². The topological polar surface area (TPSA) is 50.9 Å². The first-order chi connectivity index (χ1) is 6.68. The third kappa shape index (κ3) is 2.38. The minimum absolute atomic E-state index is 0.192. The summed E-state index contributed by atoms with van der Waals surface area (Å²) < 4.78 is 10.6. The molecule has 1 saturated heterocycles. The van der Waals surface area contributed by atoms with Crippen LogP contribution in [0.3, 0.4) is 0 Å². The molecule has 4 heteroatoms. The van der Waals surface area contributed by atoms with Crippen molar-refractivity contribution >= 4 is 6.09 Å². The summed E-state index contributed by atoms with van der Waals surface area (Å²) in [7, 11) is 1.55. The SMILES string of the molecule is CCC[C@@H]1O[C@@]1(CC)COC(=O)NC. The van der Waals surface area contributed by atoms with Crippen LogP contribution in [0, 0.1) is 0 Å². The van der Waals surface area contributed by atoms with Gasteiger partial charge in [-0.1, -0.05) is 20.3 Å². The average Bonchev–Trinajstić information content (AvgIpc) is 2.90. The van der Waals surface area contributed by atoms with Gasteiger partial charge in [-0.25, -0.2) is 4.79 Å². The van der Waals surface area contributed by atoms with Gasteiger partial charge in [-0.05, 0) is 12.8 Å². The number of carbonyl (C=O) groups excluding carboxylic acids is 1. The van der Waals surface area contributed by atoms with Gasteiger partial charge in [0, 0.05) is 7.05 Å². The molecule has 1 aliphatic heterocycles. The van der Waals surface area contributed by atoms with Gasteiger partial charge in [-0.2, -0.15) is 0 Å². The van der Waals surface area contributed by atoms with Crippen LogP contribution in [-0.4, -0.2) is 31.5 Å². The van der Waals surface area contributed by atoms with Crippen molar-refractivity contribution in [3.05, 3.63) is 0 Å². The maximum atomic E-state index is 10.9. The molecule has 2 atom stereocenters. The van der Waals surface area contributed by atoms with Gasteiger partial charge in [0.25, 0.3) is 0 Å². The molecule has 4 nitrogen and oxygen atoms in total. The summed E-state index contributed by atoms with van der Waals surface area (Å²) in [4.78, 5) is 10.9. The summed E-state index contributed by atoms with van der Waals surface area (Å²) in [5, 5.41) is 2.42. The fraction of sp³-hybridized carbons (Fsp3) is 0.900. The summed E-state index contributed by atoms with van der Waals surface area (Å²) in [6.07, 6.45) is 2.94. The Labute approximate surface area is 85.0 Å². The number of nitrogens with one attached hydrogen (secondary N) is 1. The lowest BCUT2D eigenvalue weighted by molar-refractivity contribution is 0.110. The minimum Gasteiger partial charge on any atom is -0.446 e. The number of alkyl carbamates (subject to hydrolysis) is 1. The van der Waals surface area contributed by atoms with Crippen LogP contribution < -0.4 is 5.32 Å². The number of carbonyl (C=O) groups is 1. The standard InChI is InChI=1S/C10H19NO3/c1-4-6-8-10(5-2,14-8)7-13-9(12)11-3/h8H,4-7H2,1-3H3,(H,11,12)/t8-,10-/m0/s1. The second-order valence-corrected chi connectivity index (χ2v) is 3.64. The molecule has 1 amide bonds. The fourth-order valence-corrected chi connectivity index (χ4v) is 1.63. The molecular weight excluding hydrogens is 182 g/mol. The van der Waals surface area contributed by atoms with E-state index in [1.807, 2.05) is 0 Å². The third-order valence-electron chi connectivity index (χ3n) is 2.71. The zero-order chi connectivity index (χ0) is 10.6. The van der Waals surface area contributed by atoms with Crippen molar-refractivity contribution in [1.29, 1.82) is 0 Å². The Balaban J connectivity index is 2.31. The third-order valence-corrected chi connectivity index (χ3v) is 2.71. The number of rotatable bonds is 5. The highest BCUT2D eigenvalue weighted by molar-refractivity contribution is 5.66. The average molecular weight is 201 g/mol. The first-order valence-corrected chi connectivity index (χ1v) is 5.20. The molecule has 0 aromatic heterocycles. The number of ether oxygens (including phenoxy) is 2. The molecule has 0 unspecified atom stereocenters. The molecule has 0 aromatic rings. The Morgan fingerprint density at radius 2 is 2.29 bits per heavy atom. The molecule has 1 rings (SSSR count). The summed E-state index contributed by atoms with van der Waals surface area (Å²) in [6, 6.07) is 0. The van der Waals surface area contributed by atoms with Gasteiger partial charge in [0.1, 0.15) is 12.2 Å². The lowest BCUT2D eigenvalue weighted by Crippen LogP contribution is -2.28. The van der Waals surface area contributed by atoms with E-state index in [0.717, 1.165) is 19.3 Å². The molecule has 0 spiro atoms. The Bertz CT molecular complexity index is 208. The zero-order valence-corrected chi connectivity index (χ0v) is 9.13. The largest absolute Gasteiger partial charge is 0.446 e. The molecule has 1 fully saturated rings. The molecule has 1 N–H and O–H groups in total. The van der Waals surface area contributed by atoms with Crippen molar-refractivity contribution < 1.29 is 14.3 Å². The number of epoxide rings is 1. The molecule has 1 heterocycles. The van der Waals surface area contributed by atoms with E-state index < -0.39 is 0 Å². The number of amides is 1. The van der Waals surface area contributed by atoms with Crippen molar-refractivity contribution in [3.8, 4) is 0 Å². The second-order valence-electron chi connectivity index (χ2n) is 3.64. The normalized spacial score (nSPS) is 29.8. The molecular formula is C10H19NO3. The van der Waals surface area contributed by atoms with Crippen LogP contribution in [0.5, 0.6) is 0 Å². The van der Waals surface area contributed by atoms with Crippen LogP contribution in [0.4, 0.5) is 4.79 Å². The Kier molecular flexibility index (Phi) is 3.75. The maximum Gasteiger partial charge on any atom is 0.406 e. The van der Waals surface area contributed by atoms with Crippen LogP contribution in [0.25, 0.3) is 0 Å². The molecule has 14 heavy (non-hydrogen) atoms. The highest BCUT2D eigenvalue weighted by Gasteiger charge is 2.55. The van der Waals surface area contributed by atoms with Crippen molar-refractivity contribution in [3.63, 3.8) is 0 Å². The van der Waals surface area contributed by atoms with E-state index in [1.165, 1.54) is 0 Å². The lowest BCUT2D eigenvalue weighted by atomic mass is 10.0. The molecule has 0 aromatic carbocycles. The van der Waals surface area contributed by atoms with E-state index >= 15 is 0 Å². The predicted molar refractivity (Wildman–Crippen MR) is 53.2 cm³/mol. The number of hydrogen-bond acceptors (Lipinski definition) is 3. The molecule has 0 bridgehead atoms. The van der Waals surface area contributed by atoms with Gasteiger partial charge in [0.05, 0.1) is 6.10 Å². The van der Waals surface area contributed by atoms with E-state index in [1.54, 1.807) is 7.05 Å². The van der Waals surface area contributed by atoms with Crippen molar-refractivity contribution in [2.24, 2.45) is 0 Å². The van der Waals surface area contributed by atoms with Gasteiger partial charge >= 0.3 is 6.09 Å². The monoisotopic (exact) mass is 201 g/mol. The van der Waals surface area contributed by atoms with E-state index in [4.69, 9.17) is 9.47 Å². The van der Waals surface area contributed by atoms with Crippen LogP contribution >= 0.6 is 0 Å². The van der Waals surface area contributed by atoms with Gasteiger partial charge in [0.15, 0.2) is 0 Å². The summed E-state index contributed by atoms with van der Waals surface area (Å²) in [5.74, 6) is 0. The molecule has 0 aliphatic carbocycles. The Morgan fingerprint density at radius 3 is 2.79 bits per heavy atom. The maximum absolute atomic E-state index is 10.9. The van der Waals surface area contributed by atoms with E-state index in [-0.39, 0.29) is 17.8 Å². The Morgan fingerprint density at radius 1 is 1.57 bits per heavy atom. The van der Waals surface area contributed by atoms with Gasteiger partial charge in [-0.15, -0.1) is 0 Å². The second kappa shape index (κ2) is 4.64. The summed E-state index contributed by atoms with van der Waals surface area (Å²) >= 11 is 0. The predicted octanol–water partition coefficient (Wildman–Crippen LogP) is 1.69. The van der Waals surface area contributed by atoms with Crippen LogP contribution in [0.15, 0.2) is 0 Å². The van der Waals surface area contributed by atoms with Crippen molar-refractivity contribution in [2.45, 2.75) is 44.8 Å². The van der Waals surface area contributed by atoms with Gasteiger partial charge in [0.2, 0.25) is 0 Å². The van der Waals surface area contributed by atoms with Gasteiger partial charge < -0.3 is 14.8 Å². The summed E-state index contributed by atoms with van der Waals surface area (Å²) in [5.41, 5.74) is -0.192. The number of hydrogen-bond donors (Lipinski definition) is 1. The van der Waals surface area contributed by atoms with E-state index in [9.17, 15) is 4.79 Å². The van der Waals surface area contributed by atoms with E-state index in [2.05, 4.69) is 19.2 Å². The minimum atomic E-state index is -0.386.